The number of nitrogens with zero attached hydrogens (tertiary/aromatic N) is 1. The van der Waals surface area contributed by atoms with Crippen LogP contribution in [0.15, 0.2) is 99.5 Å². The summed E-state index contributed by atoms with van der Waals surface area (Å²) in [5, 5.41) is 3.13. The van der Waals surface area contributed by atoms with Crippen molar-refractivity contribution in [2.45, 2.75) is 73.5 Å². The number of benzene rings is 4. The van der Waals surface area contributed by atoms with Gasteiger partial charge in [-0.3, -0.25) is 4.57 Å². The molecule has 0 unspecified atom stereocenters. The van der Waals surface area contributed by atoms with Gasteiger partial charge in [0.25, 0.3) is 0 Å². The van der Waals surface area contributed by atoms with Crippen molar-refractivity contribution >= 4 is 42.5 Å². The molecule has 0 spiro atoms. The molecule has 0 radical (unpaired) electrons. The number of anilines is 2. The van der Waals surface area contributed by atoms with Crippen molar-refractivity contribution in [2.24, 2.45) is 0 Å². The molecular weight excluding hydrogens is 687 g/mol. The average Bonchev–Trinajstić information content (AvgIpc) is 3.95. The molecule has 0 saturated heterocycles. The fourth-order valence-electron chi connectivity index (χ4n) is 5.25. The second kappa shape index (κ2) is 13.3. The Hall–Kier alpha value is -4.57. The van der Waals surface area contributed by atoms with Gasteiger partial charge in [0, 0.05) is 17.6 Å². The molecule has 50 heavy (non-hydrogen) atoms. The zero-order valence-electron chi connectivity index (χ0n) is 27.5. The van der Waals surface area contributed by atoms with E-state index in [2.05, 4.69) is 19.7 Å². The monoisotopic (exact) mass is 724 g/mol. The highest BCUT2D eigenvalue weighted by atomic mass is 32.2. The van der Waals surface area contributed by atoms with Gasteiger partial charge in [-0.15, -0.1) is 0 Å². The summed E-state index contributed by atoms with van der Waals surface area (Å²) in [5.74, 6) is -0.628. The molecule has 0 amide bonds. The Morgan fingerprint density at radius 3 is 1.76 bits per heavy atom. The SMILES string of the molecule is CC1(NS(=O)(=O)c2ccc(NCc3ccc(F)cc3)c(N)c2)CC1.CC1(NS(=O)(=O)c2ccc3c(c2)[nH]c(=O)n3Cc2ccc(F)cc2)CC1. The molecule has 5 aromatic rings. The van der Waals surface area contributed by atoms with Crippen molar-refractivity contribution in [1.82, 2.24) is 19.0 Å². The van der Waals surface area contributed by atoms with Crippen molar-refractivity contribution in [2.75, 3.05) is 11.1 Å². The third-order valence-corrected chi connectivity index (χ3v) is 12.1. The lowest BCUT2D eigenvalue weighted by Crippen LogP contribution is -2.34. The molecule has 2 aliphatic carbocycles. The van der Waals surface area contributed by atoms with E-state index in [9.17, 15) is 30.4 Å². The largest absolute Gasteiger partial charge is 0.397 e. The molecule has 2 fully saturated rings. The predicted octanol–water partition coefficient (Wildman–Crippen LogP) is 5.20. The van der Waals surface area contributed by atoms with Gasteiger partial charge in [-0.2, -0.15) is 0 Å². The van der Waals surface area contributed by atoms with E-state index in [0.717, 1.165) is 36.8 Å². The van der Waals surface area contributed by atoms with Crippen LogP contribution in [0.4, 0.5) is 20.2 Å². The zero-order chi connectivity index (χ0) is 35.9. The quantitative estimate of drug-likeness (QED) is 0.117. The lowest BCUT2D eigenvalue weighted by atomic mass is 10.2. The first-order valence-corrected chi connectivity index (χ1v) is 18.9. The second-order valence-corrected chi connectivity index (χ2v) is 16.7. The fourth-order valence-corrected chi connectivity index (χ4v) is 8.24. The lowest BCUT2D eigenvalue weighted by molar-refractivity contribution is 0.556. The zero-order valence-corrected chi connectivity index (χ0v) is 29.1. The summed E-state index contributed by atoms with van der Waals surface area (Å²) in [5.41, 5.74) is 8.63. The number of rotatable bonds is 11. The van der Waals surface area contributed by atoms with Crippen LogP contribution in [0.1, 0.15) is 50.7 Å². The van der Waals surface area contributed by atoms with Crippen molar-refractivity contribution in [3.8, 4) is 0 Å². The van der Waals surface area contributed by atoms with Gasteiger partial charge >= 0.3 is 5.69 Å². The summed E-state index contributed by atoms with van der Waals surface area (Å²) in [7, 11) is -7.20. The third-order valence-electron chi connectivity index (χ3n) is 8.80. The van der Waals surface area contributed by atoms with E-state index in [1.165, 1.54) is 53.1 Å². The smallest absolute Gasteiger partial charge is 0.326 e. The molecule has 15 heteroatoms. The van der Waals surface area contributed by atoms with E-state index in [4.69, 9.17) is 5.73 Å². The highest BCUT2D eigenvalue weighted by molar-refractivity contribution is 7.89. The summed E-state index contributed by atoms with van der Waals surface area (Å²) in [6.45, 7) is 4.48. The van der Waals surface area contributed by atoms with Crippen molar-refractivity contribution in [1.29, 1.82) is 0 Å². The van der Waals surface area contributed by atoms with Crippen molar-refractivity contribution in [3.63, 3.8) is 0 Å². The van der Waals surface area contributed by atoms with E-state index in [-0.39, 0.29) is 44.7 Å². The predicted molar refractivity (Wildman–Crippen MR) is 189 cm³/mol. The van der Waals surface area contributed by atoms with Crippen molar-refractivity contribution < 1.29 is 25.6 Å². The summed E-state index contributed by atoms with van der Waals surface area (Å²) in [4.78, 5) is 15.2. The first-order chi connectivity index (χ1) is 23.5. The number of sulfonamides is 2. The Balaban J connectivity index is 0.000000174. The number of nitrogens with two attached hydrogens (primary N) is 1. The highest BCUT2D eigenvalue weighted by Gasteiger charge is 2.42. The molecule has 6 N–H and O–H groups in total. The number of aromatic amines is 1. The normalized spacial score (nSPS) is 16.0. The molecule has 1 heterocycles. The number of halogens is 2. The average molecular weight is 725 g/mol. The van der Waals surface area contributed by atoms with Gasteiger partial charge in [-0.25, -0.2) is 39.9 Å². The first-order valence-electron chi connectivity index (χ1n) is 16.0. The fraction of sp³-hybridized carbons (Fsp3) is 0.286. The van der Waals surface area contributed by atoms with Gasteiger partial charge < -0.3 is 16.0 Å². The van der Waals surface area contributed by atoms with Gasteiger partial charge in [0.05, 0.1) is 38.7 Å². The molecule has 2 aliphatic rings. The molecule has 0 atom stereocenters. The number of hydrogen-bond acceptors (Lipinski definition) is 7. The number of nitrogen functional groups attached to an aromatic ring is 1. The standard InChI is InChI=1S/C18H18FN3O3S.C17H20FN3O2S/c1-18(8-9-18)21-26(24,25)14-6-7-16-15(10-14)20-17(23)22(16)11-12-2-4-13(19)5-3-12;1-17(8-9-17)21-24(22,23)14-6-7-16(15(19)10-14)20-11-12-2-4-13(18)5-3-12/h2-7,10,21H,8-9,11H2,1H3,(H,20,23);2-7,10,20-21H,8-9,11,19H2,1H3. The Labute approximate surface area is 289 Å². The molecule has 1 aromatic heterocycles. The number of nitrogens with one attached hydrogen (secondary N) is 4. The summed E-state index contributed by atoms with van der Waals surface area (Å²) in [6, 6.07) is 21.2. The van der Waals surface area contributed by atoms with Crippen LogP contribution in [0.25, 0.3) is 11.0 Å². The van der Waals surface area contributed by atoms with E-state index >= 15 is 0 Å². The maximum atomic E-state index is 13.0. The Morgan fingerprint density at radius 1 is 0.740 bits per heavy atom. The molecule has 2 saturated carbocycles. The number of H-pyrrole nitrogens is 1. The molecular formula is C35H38F2N6O5S2. The summed E-state index contributed by atoms with van der Waals surface area (Å²) < 4.78 is 82.5. The van der Waals surface area contributed by atoms with Crippen LogP contribution in [-0.4, -0.2) is 37.5 Å². The Morgan fingerprint density at radius 2 is 1.24 bits per heavy atom. The molecule has 264 valence electrons. The maximum Gasteiger partial charge on any atom is 0.326 e. The summed E-state index contributed by atoms with van der Waals surface area (Å²) >= 11 is 0. The highest BCUT2D eigenvalue weighted by Crippen LogP contribution is 2.37. The van der Waals surface area contributed by atoms with E-state index < -0.39 is 20.0 Å². The lowest BCUT2D eigenvalue weighted by Gasteiger charge is -2.14. The number of aromatic nitrogens is 2. The van der Waals surface area contributed by atoms with Crippen LogP contribution in [0.2, 0.25) is 0 Å². The molecule has 11 nitrogen and oxygen atoms in total. The van der Waals surface area contributed by atoms with E-state index in [1.807, 2.05) is 13.8 Å². The van der Waals surface area contributed by atoms with Crippen LogP contribution >= 0.6 is 0 Å². The van der Waals surface area contributed by atoms with Crippen LogP contribution in [-0.2, 0) is 33.1 Å². The first kappa shape index (κ1) is 35.3. The van der Waals surface area contributed by atoms with Gasteiger partial charge in [0.1, 0.15) is 11.6 Å². The van der Waals surface area contributed by atoms with Crippen LogP contribution in [0, 0.1) is 11.6 Å². The summed E-state index contributed by atoms with van der Waals surface area (Å²) in [6.07, 6.45) is 3.33. The van der Waals surface area contributed by atoms with E-state index in [1.54, 1.807) is 36.4 Å². The Bertz CT molecular complexity index is 2320. The molecule has 0 aliphatic heterocycles. The Kier molecular flexibility index (Phi) is 9.37. The third kappa shape index (κ3) is 8.41. The number of imidazole rings is 1. The number of fused-ring (bicyclic) bond motifs is 1. The van der Waals surface area contributed by atoms with Gasteiger partial charge in [-0.05, 0) is 111 Å². The van der Waals surface area contributed by atoms with Crippen LogP contribution < -0.4 is 26.2 Å². The topological polar surface area (TPSA) is 168 Å². The minimum Gasteiger partial charge on any atom is -0.397 e. The minimum absolute atomic E-state index is 0.119. The molecule has 7 rings (SSSR count). The number of hydrogen-bond donors (Lipinski definition) is 5. The maximum absolute atomic E-state index is 13.0. The second-order valence-electron chi connectivity index (χ2n) is 13.4. The van der Waals surface area contributed by atoms with Gasteiger partial charge in [0.15, 0.2) is 0 Å². The van der Waals surface area contributed by atoms with Crippen LogP contribution in [0.5, 0.6) is 0 Å². The van der Waals surface area contributed by atoms with Gasteiger partial charge in [-0.1, -0.05) is 24.3 Å². The van der Waals surface area contributed by atoms with E-state index in [0.29, 0.717) is 29.0 Å². The van der Waals surface area contributed by atoms with Crippen molar-refractivity contribution in [3.05, 3.63) is 118 Å². The van der Waals surface area contributed by atoms with Gasteiger partial charge in [0.2, 0.25) is 20.0 Å². The molecule has 4 aromatic carbocycles. The molecule has 0 bridgehead atoms. The van der Waals surface area contributed by atoms with Crippen LogP contribution in [0.3, 0.4) is 0 Å². The minimum atomic E-state index is -3.64.